The molecule has 0 aliphatic heterocycles. The van der Waals surface area contributed by atoms with E-state index in [9.17, 15) is 0 Å². The van der Waals surface area contributed by atoms with E-state index in [1.54, 1.807) is 0 Å². The maximum absolute atomic E-state index is 2.49. The SMILES string of the molecule is c1ccc(-c2ccc(N(c3cc(-c4ccccc4)ccc3-c3ccccc3)c3cccc4c3c3ccccc3n4-c3ccc(-c4ccccc4)cc3-c3ccccc3)cc2)cc1. The fourth-order valence-corrected chi connectivity index (χ4v) is 9.07. The van der Waals surface area contributed by atoms with Gasteiger partial charge in [-0.3, -0.25) is 0 Å². The first-order chi connectivity index (χ1) is 30.8. The fraction of sp³-hybridized carbons (Fsp3) is 0. The molecule has 0 bridgehead atoms. The molecule has 11 rings (SSSR count). The van der Waals surface area contributed by atoms with Crippen molar-refractivity contribution in [1.29, 1.82) is 0 Å². The molecule has 10 aromatic carbocycles. The largest absolute Gasteiger partial charge is 0.309 e. The molecule has 0 spiro atoms. The molecule has 0 saturated heterocycles. The minimum absolute atomic E-state index is 1.08. The lowest BCUT2D eigenvalue weighted by molar-refractivity contribution is 1.18. The normalized spacial score (nSPS) is 11.2. The summed E-state index contributed by atoms with van der Waals surface area (Å²) in [6, 6.07) is 92.2. The molecule has 62 heavy (non-hydrogen) atoms. The van der Waals surface area contributed by atoms with Gasteiger partial charge < -0.3 is 9.47 Å². The number of hydrogen-bond donors (Lipinski definition) is 0. The van der Waals surface area contributed by atoms with Gasteiger partial charge >= 0.3 is 0 Å². The molecular formula is C60H42N2. The monoisotopic (exact) mass is 790 g/mol. The van der Waals surface area contributed by atoms with Gasteiger partial charge in [-0.05, 0) is 93.0 Å². The van der Waals surface area contributed by atoms with Crippen molar-refractivity contribution in [2.75, 3.05) is 4.90 Å². The minimum Gasteiger partial charge on any atom is -0.309 e. The third-order valence-electron chi connectivity index (χ3n) is 12.0. The van der Waals surface area contributed by atoms with Crippen LogP contribution in [0.4, 0.5) is 17.1 Å². The van der Waals surface area contributed by atoms with E-state index >= 15 is 0 Å². The van der Waals surface area contributed by atoms with Gasteiger partial charge in [-0.25, -0.2) is 0 Å². The number of aromatic nitrogens is 1. The molecule has 0 fully saturated rings. The number of hydrogen-bond acceptors (Lipinski definition) is 1. The molecule has 0 amide bonds. The molecule has 0 atom stereocenters. The quantitative estimate of drug-likeness (QED) is 0.141. The lowest BCUT2D eigenvalue weighted by Crippen LogP contribution is -2.12. The maximum atomic E-state index is 2.49. The van der Waals surface area contributed by atoms with Crippen LogP contribution in [0, 0.1) is 0 Å². The Morgan fingerprint density at radius 2 is 0.726 bits per heavy atom. The molecule has 1 heterocycles. The molecule has 292 valence electrons. The van der Waals surface area contributed by atoms with Crippen LogP contribution in [-0.2, 0) is 0 Å². The zero-order valence-corrected chi connectivity index (χ0v) is 34.1. The molecule has 2 nitrogen and oxygen atoms in total. The number of rotatable bonds is 9. The van der Waals surface area contributed by atoms with E-state index in [2.05, 4.69) is 264 Å². The van der Waals surface area contributed by atoms with Gasteiger partial charge in [0.1, 0.15) is 0 Å². The molecule has 2 heteroatoms. The van der Waals surface area contributed by atoms with E-state index in [0.29, 0.717) is 0 Å². The number of fused-ring (bicyclic) bond motifs is 3. The molecular weight excluding hydrogens is 749 g/mol. The second kappa shape index (κ2) is 16.1. The van der Waals surface area contributed by atoms with Crippen LogP contribution in [0.15, 0.2) is 255 Å². The third kappa shape index (κ3) is 6.74. The summed E-state index contributed by atoms with van der Waals surface area (Å²) >= 11 is 0. The van der Waals surface area contributed by atoms with Crippen LogP contribution in [0.3, 0.4) is 0 Å². The predicted molar refractivity (Wildman–Crippen MR) is 263 cm³/mol. The third-order valence-corrected chi connectivity index (χ3v) is 12.0. The Hall–Kier alpha value is -8.20. The Balaban J connectivity index is 1.20. The van der Waals surface area contributed by atoms with Crippen molar-refractivity contribution in [2.24, 2.45) is 0 Å². The Labute approximate surface area is 362 Å². The van der Waals surface area contributed by atoms with Gasteiger partial charge in [-0.1, -0.05) is 206 Å². The van der Waals surface area contributed by atoms with E-state index in [1.807, 2.05) is 0 Å². The van der Waals surface area contributed by atoms with Crippen LogP contribution in [0.2, 0.25) is 0 Å². The van der Waals surface area contributed by atoms with Gasteiger partial charge in [0.05, 0.1) is 28.1 Å². The van der Waals surface area contributed by atoms with Gasteiger partial charge in [0, 0.05) is 27.6 Å². The van der Waals surface area contributed by atoms with Crippen LogP contribution < -0.4 is 4.90 Å². The number of anilines is 3. The summed E-state index contributed by atoms with van der Waals surface area (Å²) in [4.78, 5) is 2.49. The van der Waals surface area contributed by atoms with Gasteiger partial charge in [0.2, 0.25) is 0 Å². The second-order valence-electron chi connectivity index (χ2n) is 15.7. The van der Waals surface area contributed by atoms with Crippen molar-refractivity contribution in [1.82, 2.24) is 4.57 Å². The zero-order valence-electron chi connectivity index (χ0n) is 34.1. The first-order valence-electron chi connectivity index (χ1n) is 21.3. The maximum Gasteiger partial charge on any atom is 0.0562 e. The van der Waals surface area contributed by atoms with Crippen molar-refractivity contribution in [3.8, 4) is 61.3 Å². The van der Waals surface area contributed by atoms with E-state index in [4.69, 9.17) is 0 Å². The van der Waals surface area contributed by atoms with Gasteiger partial charge in [0.25, 0.3) is 0 Å². The topological polar surface area (TPSA) is 8.17 Å². The molecule has 11 aromatic rings. The average Bonchev–Trinajstić information content (AvgIpc) is 3.70. The van der Waals surface area contributed by atoms with Gasteiger partial charge in [-0.2, -0.15) is 0 Å². The highest BCUT2D eigenvalue weighted by Crippen LogP contribution is 2.48. The summed E-state index contributed by atoms with van der Waals surface area (Å²) < 4.78 is 2.47. The highest BCUT2D eigenvalue weighted by atomic mass is 15.2. The first kappa shape index (κ1) is 36.8. The van der Waals surface area contributed by atoms with E-state index in [1.165, 1.54) is 49.7 Å². The first-order valence-corrected chi connectivity index (χ1v) is 21.3. The molecule has 1 aromatic heterocycles. The molecule has 0 aliphatic rings. The van der Waals surface area contributed by atoms with Crippen LogP contribution in [0.1, 0.15) is 0 Å². The highest BCUT2D eigenvalue weighted by molar-refractivity contribution is 6.17. The Kier molecular flexibility index (Phi) is 9.57. The van der Waals surface area contributed by atoms with Crippen LogP contribution in [0.5, 0.6) is 0 Å². The number of nitrogens with zero attached hydrogens (tertiary/aromatic N) is 2. The standard InChI is InChI=1S/C60H42N2/c1-6-19-43(20-7-1)46-33-37-51(38-34-46)61(59-42-50(45-23-10-3-11-24-45)35-39-52(59)47-25-12-4-13-26-47)57-31-18-32-58-60(57)53-29-16-17-30-55(53)62(58)56-40-36-49(44-21-8-2-9-22-44)41-54(56)48-27-14-5-15-28-48/h1-42H. The molecule has 0 aliphatic carbocycles. The Morgan fingerprint density at radius 1 is 0.274 bits per heavy atom. The highest BCUT2D eigenvalue weighted by Gasteiger charge is 2.25. The van der Waals surface area contributed by atoms with E-state index in [0.717, 1.165) is 50.5 Å². The summed E-state index contributed by atoms with van der Waals surface area (Å²) in [5, 5.41) is 2.38. The van der Waals surface area contributed by atoms with E-state index in [-0.39, 0.29) is 0 Å². The summed E-state index contributed by atoms with van der Waals surface area (Å²) in [5.74, 6) is 0. The smallest absolute Gasteiger partial charge is 0.0562 e. The van der Waals surface area contributed by atoms with Crippen LogP contribution in [0.25, 0.3) is 83.1 Å². The Bertz CT molecular complexity index is 3300. The van der Waals surface area contributed by atoms with Gasteiger partial charge in [-0.15, -0.1) is 0 Å². The lowest BCUT2D eigenvalue weighted by Gasteiger charge is -2.29. The predicted octanol–water partition coefficient (Wildman–Crippen LogP) is 16.6. The Morgan fingerprint density at radius 3 is 1.34 bits per heavy atom. The summed E-state index contributed by atoms with van der Waals surface area (Å²) in [6.07, 6.45) is 0. The average molecular weight is 791 g/mol. The molecule has 0 unspecified atom stereocenters. The van der Waals surface area contributed by atoms with Crippen LogP contribution in [-0.4, -0.2) is 4.57 Å². The van der Waals surface area contributed by atoms with E-state index < -0.39 is 0 Å². The van der Waals surface area contributed by atoms with Crippen molar-refractivity contribution in [2.45, 2.75) is 0 Å². The van der Waals surface area contributed by atoms with Crippen LogP contribution >= 0.6 is 0 Å². The summed E-state index contributed by atoms with van der Waals surface area (Å²) in [7, 11) is 0. The van der Waals surface area contributed by atoms with Crippen molar-refractivity contribution in [3.05, 3.63) is 255 Å². The fourth-order valence-electron chi connectivity index (χ4n) is 9.07. The molecule has 0 radical (unpaired) electrons. The number of para-hydroxylation sites is 1. The zero-order chi connectivity index (χ0) is 41.2. The summed E-state index contributed by atoms with van der Waals surface area (Å²) in [6.45, 7) is 0. The van der Waals surface area contributed by atoms with Gasteiger partial charge in [0.15, 0.2) is 0 Å². The second-order valence-corrected chi connectivity index (χ2v) is 15.7. The minimum atomic E-state index is 1.08. The van der Waals surface area contributed by atoms with Crippen molar-refractivity contribution < 1.29 is 0 Å². The molecule has 0 N–H and O–H groups in total. The van der Waals surface area contributed by atoms with Crippen molar-refractivity contribution in [3.63, 3.8) is 0 Å². The van der Waals surface area contributed by atoms with Crippen molar-refractivity contribution >= 4 is 38.9 Å². The molecule has 0 saturated carbocycles. The lowest BCUT2D eigenvalue weighted by atomic mass is 9.96. The number of benzene rings is 10. The summed E-state index contributed by atoms with van der Waals surface area (Å²) in [5.41, 5.74) is 18.5.